The van der Waals surface area contributed by atoms with Gasteiger partial charge in [-0.05, 0) is 41.8 Å². The maximum absolute atomic E-state index is 12.4. The molecule has 0 aromatic heterocycles. The van der Waals surface area contributed by atoms with Crippen LogP contribution in [0.2, 0.25) is 0 Å². The minimum atomic E-state index is -0.185. The fraction of sp³-hybridized carbons (Fsp3) is 0.222. The number of carbonyl (C=O) groups excluding carboxylic acids is 2. The molecule has 0 unspecified atom stereocenters. The molecule has 5 heteroatoms. The van der Waals surface area contributed by atoms with E-state index in [0.717, 1.165) is 10.6 Å². The molecule has 4 nitrogen and oxygen atoms in total. The first-order valence-corrected chi connectivity index (χ1v) is 8.49. The maximum Gasteiger partial charge on any atom is 0.255 e. The van der Waals surface area contributed by atoms with Gasteiger partial charge in [0.05, 0.1) is 11.4 Å². The molecule has 0 atom stereocenters. The van der Waals surface area contributed by atoms with E-state index in [-0.39, 0.29) is 11.8 Å². The van der Waals surface area contributed by atoms with Crippen LogP contribution in [0.3, 0.4) is 0 Å². The van der Waals surface area contributed by atoms with Crippen molar-refractivity contribution >= 4 is 35.0 Å². The SMILES string of the molecule is CC(C)c1ccc(NC(=O)c2ccc3c(c2)NC(=O)CS3)cc1. The highest BCUT2D eigenvalue weighted by molar-refractivity contribution is 8.00. The minimum absolute atomic E-state index is 0.0377. The molecule has 2 aromatic carbocycles. The molecule has 0 aliphatic carbocycles. The molecule has 0 spiro atoms. The third-order valence-corrected chi connectivity index (χ3v) is 4.78. The van der Waals surface area contributed by atoms with Crippen molar-refractivity contribution in [3.05, 3.63) is 53.6 Å². The topological polar surface area (TPSA) is 58.2 Å². The first-order valence-electron chi connectivity index (χ1n) is 7.51. The zero-order valence-corrected chi connectivity index (χ0v) is 13.9. The first-order chi connectivity index (χ1) is 11.0. The van der Waals surface area contributed by atoms with E-state index in [9.17, 15) is 9.59 Å². The van der Waals surface area contributed by atoms with Crippen LogP contribution >= 0.6 is 11.8 Å². The van der Waals surface area contributed by atoms with Gasteiger partial charge in [-0.25, -0.2) is 0 Å². The van der Waals surface area contributed by atoms with E-state index in [4.69, 9.17) is 0 Å². The first kappa shape index (κ1) is 15.6. The predicted octanol–water partition coefficient (Wildman–Crippen LogP) is 4.11. The summed E-state index contributed by atoms with van der Waals surface area (Å²) in [7, 11) is 0. The highest BCUT2D eigenvalue weighted by atomic mass is 32.2. The summed E-state index contributed by atoms with van der Waals surface area (Å²) < 4.78 is 0. The zero-order valence-electron chi connectivity index (χ0n) is 13.1. The quantitative estimate of drug-likeness (QED) is 0.892. The summed E-state index contributed by atoms with van der Waals surface area (Å²) in [6.45, 7) is 4.26. The fourth-order valence-corrected chi connectivity index (χ4v) is 3.17. The average molecular weight is 326 g/mol. The second kappa shape index (κ2) is 6.46. The molecule has 23 heavy (non-hydrogen) atoms. The minimum Gasteiger partial charge on any atom is -0.324 e. The number of rotatable bonds is 3. The Morgan fingerprint density at radius 3 is 2.61 bits per heavy atom. The highest BCUT2D eigenvalue weighted by Crippen LogP contribution is 2.32. The van der Waals surface area contributed by atoms with E-state index in [1.807, 2.05) is 30.3 Å². The molecule has 1 heterocycles. The number of carbonyl (C=O) groups is 2. The van der Waals surface area contributed by atoms with Crippen molar-refractivity contribution in [2.24, 2.45) is 0 Å². The van der Waals surface area contributed by atoms with E-state index in [1.165, 1.54) is 17.3 Å². The molecule has 1 aliphatic heterocycles. The van der Waals surface area contributed by atoms with Crippen molar-refractivity contribution in [1.29, 1.82) is 0 Å². The lowest BCUT2D eigenvalue weighted by Gasteiger charge is -2.17. The second-order valence-corrected chi connectivity index (χ2v) is 6.80. The summed E-state index contributed by atoms with van der Waals surface area (Å²) in [5, 5.41) is 5.68. The number of hydrogen-bond acceptors (Lipinski definition) is 3. The Morgan fingerprint density at radius 2 is 1.91 bits per heavy atom. The Balaban J connectivity index is 1.75. The number of thioether (sulfide) groups is 1. The summed E-state index contributed by atoms with van der Waals surface area (Å²) in [4.78, 5) is 24.8. The standard InChI is InChI=1S/C18H18N2O2S/c1-11(2)12-3-6-14(7-4-12)19-18(22)13-5-8-16-15(9-13)20-17(21)10-23-16/h3-9,11H,10H2,1-2H3,(H,19,22)(H,20,21). The average Bonchev–Trinajstić information content (AvgIpc) is 2.54. The number of hydrogen-bond donors (Lipinski definition) is 2. The summed E-state index contributed by atoms with van der Waals surface area (Å²) in [6, 6.07) is 13.2. The lowest BCUT2D eigenvalue weighted by molar-refractivity contribution is -0.113. The molecule has 0 bridgehead atoms. The van der Waals surface area contributed by atoms with Gasteiger partial charge in [0, 0.05) is 16.1 Å². The third-order valence-electron chi connectivity index (χ3n) is 3.71. The van der Waals surface area contributed by atoms with Crippen LogP contribution in [0.15, 0.2) is 47.4 Å². The van der Waals surface area contributed by atoms with E-state index in [2.05, 4.69) is 24.5 Å². The Hall–Kier alpha value is -2.27. The van der Waals surface area contributed by atoms with Crippen molar-refractivity contribution in [3.63, 3.8) is 0 Å². The van der Waals surface area contributed by atoms with Gasteiger partial charge in [0.1, 0.15) is 0 Å². The lowest BCUT2D eigenvalue weighted by atomic mass is 10.0. The van der Waals surface area contributed by atoms with Crippen LogP contribution < -0.4 is 10.6 Å². The van der Waals surface area contributed by atoms with Crippen molar-refractivity contribution < 1.29 is 9.59 Å². The molecular weight excluding hydrogens is 308 g/mol. The van der Waals surface area contributed by atoms with Gasteiger partial charge in [0.25, 0.3) is 5.91 Å². The van der Waals surface area contributed by atoms with Gasteiger partial charge in [0.2, 0.25) is 5.91 Å². The van der Waals surface area contributed by atoms with E-state index in [1.54, 1.807) is 12.1 Å². The molecule has 0 fully saturated rings. The second-order valence-electron chi connectivity index (χ2n) is 5.78. The molecule has 3 rings (SSSR count). The molecular formula is C18H18N2O2S. The molecule has 0 radical (unpaired) electrons. The van der Waals surface area contributed by atoms with Crippen LogP contribution in [0.25, 0.3) is 0 Å². The predicted molar refractivity (Wildman–Crippen MR) is 94.3 cm³/mol. The number of benzene rings is 2. The Kier molecular flexibility index (Phi) is 4.39. The third kappa shape index (κ3) is 3.56. The monoisotopic (exact) mass is 326 g/mol. The smallest absolute Gasteiger partial charge is 0.255 e. The van der Waals surface area contributed by atoms with Crippen molar-refractivity contribution in [2.45, 2.75) is 24.7 Å². The summed E-state index contributed by atoms with van der Waals surface area (Å²) >= 11 is 1.48. The van der Waals surface area contributed by atoms with Crippen LogP contribution in [-0.2, 0) is 4.79 Å². The van der Waals surface area contributed by atoms with Gasteiger partial charge in [-0.3, -0.25) is 9.59 Å². The van der Waals surface area contributed by atoms with Gasteiger partial charge in [-0.2, -0.15) is 0 Å². The van der Waals surface area contributed by atoms with Gasteiger partial charge < -0.3 is 10.6 Å². The summed E-state index contributed by atoms with van der Waals surface area (Å²) in [5.74, 6) is 0.654. The molecule has 1 aliphatic rings. The molecule has 2 aromatic rings. The van der Waals surface area contributed by atoms with Crippen LogP contribution in [0, 0.1) is 0 Å². The van der Waals surface area contributed by atoms with Crippen LogP contribution in [0.5, 0.6) is 0 Å². The number of nitrogens with one attached hydrogen (secondary N) is 2. The van der Waals surface area contributed by atoms with E-state index >= 15 is 0 Å². The number of amides is 2. The lowest BCUT2D eigenvalue weighted by Crippen LogP contribution is -2.19. The van der Waals surface area contributed by atoms with Crippen molar-refractivity contribution in [3.8, 4) is 0 Å². The van der Waals surface area contributed by atoms with Gasteiger partial charge in [-0.1, -0.05) is 26.0 Å². The maximum atomic E-state index is 12.4. The molecule has 2 amide bonds. The Bertz CT molecular complexity index is 754. The van der Waals surface area contributed by atoms with Crippen molar-refractivity contribution in [2.75, 3.05) is 16.4 Å². The van der Waals surface area contributed by atoms with Crippen LogP contribution in [-0.4, -0.2) is 17.6 Å². The Labute approximate surface area is 139 Å². The summed E-state index contributed by atoms with van der Waals surface area (Å²) in [5.41, 5.74) is 3.22. The fourth-order valence-electron chi connectivity index (χ4n) is 2.38. The summed E-state index contributed by atoms with van der Waals surface area (Å²) in [6.07, 6.45) is 0. The van der Waals surface area contributed by atoms with E-state index in [0.29, 0.717) is 22.9 Å². The van der Waals surface area contributed by atoms with Gasteiger partial charge in [0.15, 0.2) is 0 Å². The van der Waals surface area contributed by atoms with Crippen LogP contribution in [0.1, 0.15) is 35.7 Å². The molecule has 2 N–H and O–H groups in total. The normalized spacial score (nSPS) is 13.4. The highest BCUT2D eigenvalue weighted by Gasteiger charge is 2.17. The van der Waals surface area contributed by atoms with Gasteiger partial charge in [-0.15, -0.1) is 11.8 Å². The Morgan fingerprint density at radius 1 is 1.17 bits per heavy atom. The van der Waals surface area contributed by atoms with E-state index < -0.39 is 0 Å². The largest absolute Gasteiger partial charge is 0.324 e. The molecule has 0 saturated carbocycles. The molecule has 0 saturated heterocycles. The zero-order chi connectivity index (χ0) is 16.4. The number of anilines is 2. The van der Waals surface area contributed by atoms with Crippen molar-refractivity contribution in [1.82, 2.24) is 0 Å². The molecule has 118 valence electrons. The number of fused-ring (bicyclic) bond motifs is 1. The van der Waals surface area contributed by atoms with Crippen LogP contribution in [0.4, 0.5) is 11.4 Å². The van der Waals surface area contributed by atoms with Gasteiger partial charge >= 0.3 is 0 Å².